The molecule has 1 N–H and O–H groups in total. The summed E-state index contributed by atoms with van der Waals surface area (Å²) in [6.45, 7) is 0.0133. The number of carbonyl (C=O) groups excluding carboxylic acids is 4. The standard InChI is InChI=1S/C14H14N2O6/c1-21-12(18)9-4-2-3-5-10(9)13(19)22-8-11(17)16-7-6-15-14(16)20/h2-5H,6-8H2,1H3,(H,15,20). The number of esters is 2. The lowest BCUT2D eigenvalue weighted by Crippen LogP contribution is -2.37. The van der Waals surface area contributed by atoms with Gasteiger partial charge in [-0.15, -0.1) is 0 Å². The molecule has 1 saturated heterocycles. The number of nitrogens with one attached hydrogen (secondary N) is 1. The number of benzene rings is 1. The van der Waals surface area contributed by atoms with Crippen LogP contribution in [0.15, 0.2) is 24.3 Å². The average Bonchev–Trinajstić information content (AvgIpc) is 2.97. The topological polar surface area (TPSA) is 102 Å². The first-order valence-electron chi connectivity index (χ1n) is 6.47. The molecule has 1 aromatic rings. The summed E-state index contributed by atoms with van der Waals surface area (Å²) < 4.78 is 9.44. The van der Waals surface area contributed by atoms with Gasteiger partial charge in [-0.3, -0.25) is 9.69 Å². The summed E-state index contributed by atoms with van der Waals surface area (Å²) in [5.74, 6) is -2.15. The van der Waals surface area contributed by atoms with Crippen LogP contribution in [0.5, 0.6) is 0 Å². The Bertz CT molecular complexity index is 628. The Hall–Kier alpha value is -2.90. The van der Waals surface area contributed by atoms with E-state index >= 15 is 0 Å². The molecule has 2 rings (SSSR count). The van der Waals surface area contributed by atoms with Crippen molar-refractivity contribution in [2.24, 2.45) is 0 Å². The zero-order valence-corrected chi connectivity index (χ0v) is 11.8. The van der Waals surface area contributed by atoms with Crippen LogP contribution in [-0.4, -0.2) is 55.6 Å². The lowest BCUT2D eigenvalue weighted by atomic mass is 10.1. The predicted octanol–water partition coefficient (Wildman–Crippen LogP) is 0.182. The van der Waals surface area contributed by atoms with Gasteiger partial charge in [0.2, 0.25) is 0 Å². The number of rotatable bonds is 4. The van der Waals surface area contributed by atoms with E-state index in [-0.39, 0.29) is 17.7 Å². The van der Waals surface area contributed by atoms with E-state index in [4.69, 9.17) is 4.74 Å². The Morgan fingerprint density at radius 1 is 1.18 bits per heavy atom. The molecule has 0 saturated carbocycles. The van der Waals surface area contributed by atoms with Crippen LogP contribution in [0.2, 0.25) is 0 Å². The van der Waals surface area contributed by atoms with E-state index in [1.807, 2.05) is 0 Å². The summed E-state index contributed by atoms with van der Waals surface area (Å²) in [7, 11) is 1.19. The SMILES string of the molecule is COC(=O)c1ccccc1C(=O)OCC(=O)N1CCNC1=O. The lowest BCUT2D eigenvalue weighted by molar-refractivity contribution is -0.130. The lowest BCUT2D eigenvalue weighted by Gasteiger charge is -2.12. The first-order chi connectivity index (χ1) is 10.5. The number of nitrogens with zero attached hydrogens (tertiary/aromatic N) is 1. The second kappa shape index (κ2) is 6.70. The molecular formula is C14H14N2O6. The molecule has 22 heavy (non-hydrogen) atoms. The van der Waals surface area contributed by atoms with Gasteiger partial charge in [0.05, 0.1) is 18.2 Å². The van der Waals surface area contributed by atoms with Crippen LogP contribution in [0.25, 0.3) is 0 Å². The maximum Gasteiger partial charge on any atom is 0.339 e. The van der Waals surface area contributed by atoms with E-state index < -0.39 is 30.5 Å². The predicted molar refractivity (Wildman–Crippen MR) is 73.2 cm³/mol. The van der Waals surface area contributed by atoms with Gasteiger partial charge in [-0.1, -0.05) is 12.1 Å². The highest BCUT2D eigenvalue weighted by Gasteiger charge is 2.27. The Labute approximate surface area is 126 Å². The third-order valence-corrected chi connectivity index (χ3v) is 3.04. The first kappa shape index (κ1) is 15.5. The van der Waals surface area contributed by atoms with Gasteiger partial charge in [0, 0.05) is 13.1 Å². The normalized spacial score (nSPS) is 13.5. The number of hydrogen-bond donors (Lipinski definition) is 1. The minimum atomic E-state index is -0.839. The summed E-state index contributed by atoms with van der Waals surface area (Å²) in [6.07, 6.45) is 0. The Morgan fingerprint density at radius 2 is 1.82 bits per heavy atom. The molecule has 116 valence electrons. The molecule has 8 nitrogen and oxygen atoms in total. The monoisotopic (exact) mass is 306 g/mol. The summed E-state index contributed by atoms with van der Waals surface area (Å²) in [4.78, 5) is 47.6. The third kappa shape index (κ3) is 3.22. The molecule has 0 bridgehead atoms. The van der Waals surface area contributed by atoms with Crippen LogP contribution in [0.4, 0.5) is 4.79 Å². The molecule has 1 heterocycles. The highest BCUT2D eigenvalue weighted by molar-refractivity contribution is 6.04. The van der Waals surface area contributed by atoms with Crippen molar-refractivity contribution in [1.29, 1.82) is 0 Å². The highest BCUT2D eigenvalue weighted by Crippen LogP contribution is 2.12. The Kier molecular flexibility index (Phi) is 4.72. The van der Waals surface area contributed by atoms with Crippen LogP contribution >= 0.6 is 0 Å². The summed E-state index contributed by atoms with van der Waals surface area (Å²) >= 11 is 0. The van der Waals surface area contributed by atoms with Crippen LogP contribution in [-0.2, 0) is 14.3 Å². The maximum atomic E-state index is 12.0. The van der Waals surface area contributed by atoms with Crippen LogP contribution in [0, 0.1) is 0 Å². The fraction of sp³-hybridized carbons (Fsp3) is 0.286. The molecule has 0 aliphatic carbocycles. The minimum absolute atomic E-state index is 0.00646. The van der Waals surface area contributed by atoms with Crippen molar-refractivity contribution in [3.8, 4) is 0 Å². The summed E-state index contributed by atoms with van der Waals surface area (Å²) in [6, 6.07) is 5.41. The molecule has 1 aliphatic rings. The van der Waals surface area contributed by atoms with Gasteiger partial charge in [-0.25, -0.2) is 14.4 Å². The smallest absolute Gasteiger partial charge is 0.339 e. The minimum Gasteiger partial charge on any atom is -0.465 e. The van der Waals surface area contributed by atoms with Crippen molar-refractivity contribution in [3.05, 3.63) is 35.4 Å². The van der Waals surface area contributed by atoms with Crippen LogP contribution in [0.1, 0.15) is 20.7 Å². The van der Waals surface area contributed by atoms with Crippen LogP contribution in [0.3, 0.4) is 0 Å². The zero-order valence-electron chi connectivity index (χ0n) is 11.8. The molecule has 0 atom stereocenters. The molecule has 3 amide bonds. The summed E-state index contributed by atoms with van der Waals surface area (Å²) in [5.41, 5.74) is 0.0365. The number of carbonyl (C=O) groups is 4. The number of amides is 3. The maximum absolute atomic E-state index is 12.0. The molecule has 0 unspecified atom stereocenters. The molecular weight excluding hydrogens is 292 g/mol. The van der Waals surface area contributed by atoms with Gasteiger partial charge < -0.3 is 14.8 Å². The van der Waals surface area contributed by atoms with Gasteiger partial charge in [-0.05, 0) is 12.1 Å². The molecule has 0 aromatic heterocycles. The van der Waals surface area contributed by atoms with Crippen molar-refractivity contribution < 1.29 is 28.7 Å². The molecule has 1 fully saturated rings. The quantitative estimate of drug-likeness (QED) is 0.796. The number of ether oxygens (including phenoxy) is 2. The van der Waals surface area contributed by atoms with Gasteiger partial charge in [-0.2, -0.15) is 0 Å². The fourth-order valence-corrected chi connectivity index (χ4v) is 1.94. The van der Waals surface area contributed by atoms with Gasteiger partial charge >= 0.3 is 18.0 Å². The third-order valence-electron chi connectivity index (χ3n) is 3.04. The highest BCUT2D eigenvalue weighted by atomic mass is 16.5. The molecule has 0 radical (unpaired) electrons. The van der Waals surface area contributed by atoms with E-state index in [9.17, 15) is 19.2 Å². The fourth-order valence-electron chi connectivity index (χ4n) is 1.94. The average molecular weight is 306 g/mol. The number of hydrogen-bond acceptors (Lipinski definition) is 6. The Morgan fingerprint density at radius 3 is 2.36 bits per heavy atom. The molecule has 1 aliphatic heterocycles. The van der Waals surface area contributed by atoms with Crippen molar-refractivity contribution in [1.82, 2.24) is 10.2 Å². The van der Waals surface area contributed by atoms with E-state index in [0.29, 0.717) is 6.54 Å². The molecule has 8 heteroatoms. The van der Waals surface area contributed by atoms with Crippen molar-refractivity contribution in [2.45, 2.75) is 0 Å². The van der Waals surface area contributed by atoms with Crippen LogP contribution < -0.4 is 5.32 Å². The first-order valence-corrected chi connectivity index (χ1v) is 6.47. The van der Waals surface area contributed by atoms with Gasteiger partial charge in [0.1, 0.15) is 0 Å². The van der Waals surface area contributed by atoms with E-state index in [2.05, 4.69) is 10.1 Å². The summed E-state index contributed by atoms with van der Waals surface area (Å²) in [5, 5.41) is 2.47. The Balaban J connectivity index is 2.02. The second-order valence-electron chi connectivity index (χ2n) is 4.39. The number of urea groups is 1. The van der Waals surface area contributed by atoms with Gasteiger partial charge in [0.15, 0.2) is 6.61 Å². The van der Waals surface area contributed by atoms with Gasteiger partial charge in [0.25, 0.3) is 5.91 Å². The van der Waals surface area contributed by atoms with Crippen molar-refractivity contribution in [2.75, 3.05) is 26.8 Å². The van der Waals surface area contributed by atoms with E-state index in [0.717, 1.165) is 4.90 Å². The van der Waals surface area contributed by atoms with Crippen molar-refractivity contribution in [3.63, 3.8) is 0 Å². The zero-order chi connectivity index (χ0) is 16.1. The van der Waals surface area contributed by atoms with Crippen molar-refractivity contribution >= 4 is 23.9 Å². The van der Waals surface area contributed by atoms with E-state index in [1.165, 1.54) is 19.2 Å². The number of methoxy groups -OCH3 is 1. The molecule has 1 aromatic carbocycles. The largest absolute Gasteiger partial charge is 0.465 e. The second-order valence-corrected chi connectivity index (χ2v) is 4.39. The number of imide groups is 1. The van der Waals surface area contributed by atoms with E-state index in [1.54, 1.807) is 12.1 Å². The molecule has 0 spiro atoms.